The first-order valence-corrected chi connectivity index (χ1v) is 12.0. The molecule has 3 heterocycles. The third-order valence-corrected chi connectivity index (χ3v) is 8.24. The van der Waals surface area contributed by atoms with Crippen molar-refractivity contribution < 1.29 is 8.42 Å². The van der Waals surface area contributed by atoms with Gasteiger partial charge in [0.15, 0.2) is 0 Å². The number of rotatable bonds is 5. The average Bonchev–Trinajstić information content (AvgIpc) is 2.96. The van der Waals surface area contributed by atoms with Crippen LogP contribution in [0, 0.1) is 0 Å². The van der Waals surface area contributed by atoms with Crippen LogP contribution in [0.25, 0.3) is 0 Å². The van der Waals surface area contributed by atoms with E-state index in [0.29, 0.717) is 45.8 Å². The SMILES string of the molecule is O=c1cc2c(nn1CCN1CCN(S(=O)(=O)N3CCCCCC3)CC1)CCC2. The third-order valence-electron chi connectivity index (χ3n) is 6.20. The van der Waals surface area contributed by atoms with Crippen molar-refractivity contribution in [3.05, 3.63) is 27.7 Å². The van der Waals surface area contributed by atoms with Crippen LogP contribution >= 0.6 is 0 Å². The zero-order chi connectivity index (χ0) is 19.6. The van der Waals surface area contributed by atoms with Gasteiger partial charge in [-0.1, -0.05) is 12.8 Å². The number of nitrogens with zero attached hydrogens (tertiary/aromatic N) is 5. The Bertz CT molecular complexity index is 838. The van der Waals surface area contributed by atoms with Gasteiger partial charge < -0.3 is 0 Å². The monoisotopic (exact) mass is 409 g/mol. The molecule has 156 valence electrons. The first-order chi connectivity index (χ1) is 13.5. The Kier molecular flexibility index (Phi) is 6.15. The Hall–Kier alpha value is -1.29. The average molecular weight is 410 g/mol. The Morgan fingerprint density at radius 2 is 1.50 bits per heavy atom. The minimum Gasteiger partial charge on any atom is -0.299 e. The molecule has 1 aliphatic carbocycles. The fraction of sp³-hybridized carbons (Fsp3) is 0.789. The van der Waals surface area contributed by atoms with Gasteiger partial charge in [0.2, 0.25) is 0 Å². The highest BCUT2D eigenvalue weighted by molar-refractivity contribution is 7.86. The third kappa shape index (κ3) is 4.32. The maximum atomic E-state index is 12.9. The fourth-order valence-electron chi connectivity index (χ4n) is 4.46. The molecule has 3 aliphatic rings. The molecule has 28 heavy (non-hydrogen) atoms. The molecule has 0 amide bonds. The number of piperazine rings is 1. The highest BCUT2D eigenvalue weighted by Crippen LogP contribution is 2.18. The van der Waals surface area contributed by atoms with Crippen LogP contribution in [0.2, 0.25) is 0 Å². The summed E-state index contributed by atoms with van der Waals surface area (Å²) in [5.41, 5.74) is 2.14. The minimum absolute atomic E-state index is 0.0250. The van der Waals surface area contributed by atoms with Crippen molar-refractivity contribution in [3.63, 3.8) is 0 Å². The topological polar surface area (TPSA) is 78.8 Å². The van der Waals surface area contributed by atoms with Gasteiger partial charge in [0.1, 0.15) is 0 Å². The van der Waals surface area contributed by atoms with Crippen molar-refractivity contribution in [2.45, 2.75) is 51.5 Å². The lowest BCUT2D eigenvalue weighted by Crippen LogP contribution is -2.53. The van der Waals surface area contributed by atoms with Gasteiger partial charge in [-0.2, -0.15) is 22.1 Å². The van der Waals surface area contributed by atoms with E-state index in [9.17, 15) is 13.2 Å². The molecule has 0 bridgehead atoms. The van der Waals surface area contributed by atoms with E-state index >= 15 is 0 Å². The predicted octanol–water partition coefficient (Wildman–Crippen LogP) is 0.470. The van der Waals surface area contributed by atoms with Gasteiger partial charge >= 0.3 is 0 Å². The lowest BCUT2D eigenvalue weighted by Gasteiger charge is -2.36. The summed E-state index contributed by atoms with van der Waals surface area (Å²) in [7, 11) is -3.34. The Morgan fingerprint density at radius 3 is 2.21 bits per heavy atom. The van der Waals surface area contributed by atoms with E-state index in [4.69, 9.17) is 0 Å². The molecule has 1 aromatic rings. The van der Waals surface area contributed by atoms with Gasteiger partial charge in [-0.05, 0) is 37.7 Å². The first kappa shape index (κ1) is 20.0. The van der Waals surface area contributed by atoms with Crippen LogP contribution in [0.3, 0.4) is 0 Å². The number of aryl methyl sites for hydroxylation is 2. The summed E-state index contributed by atoms with van der Waals surface area (Å²) < 4.78 is 30.7. The van der Waals surface area contributed by atoms with Crippen LogP contribution in [0.1, 0.15) is 43.4 Å². The second kappa shape index (κ2) is 8.61. The van der Waals surface area contributed by atoms with Gasteiger partial charge in [-0.25, -0.2) is 4.68 Å². The summed E-state index contributed by atoms with van der Waals surface area (Å²) in [4.78, 5) is 14.5. The predicted molar refractivity (Wildman–Crippen MR) is 107 cm³/mol. The van der Waals surface area contributed by atoms with Crippen LogP contribution in [0.5, 0.6) is 0 Å². The van der Waals surface area contributed by atoms with Crippen LogP contribution in [-0.4, -0.2) is 77.5 Å². The van der Waals surface area contributed by atoms with Gasteiger partial charge in [-0.3, -0.25) is 9.69 Å². The van der Waals surface area contributed by atoms with Crippen molar-refractivity contribution in [3.8, 4) is 0 Å². The molecule has 2 fully saturated rings. The number of aromatic nitrogens is 2. The van der Waals surface area contributed by atoms with Crippen LogP contribution in [-0.2, 0) is 29.6 Å². The number of hydrogen-bond acceptors (Lipinski definition) is 5. The number of hydrogen-bond donors (Lipinski definition) is 0. The maximum Gasteiger partial charge on any atom is 0.282 e. The molecule has 8 nitrogen and oxygen atoms in total. The van der Waals surface area contributed by atoms with Crippen molar-refractivity contribution in [1.29, 1.82) is 0 Å². The molecule has 1 aromatic heterocycles. The van der Waals surface area contributed by atoms with E-state index < -0.39 is 10.2 Å². The Balaban J connectivity index is 1.30. The van der Waals surface area contributed by atoms with E-state index in [1.54, 1.807) is 19.4 Å². The smallest absolute Gasteiger partial charge is 0.282 e. The molecule has 0 unspecified atom stereocenters. The normalized spacial score (nSPS) is 22.9. The molecule has 0 atom stereocenters. The second-order valence-electron chi connectivity index (χ2n) is 8.09. The van der Waals surface area contributed by atoms with Crippen molar-refractivity contribution in [2.24, 2.45) is 0 Å². The summed E-state index contributed by atoms with van der Waals surface area (Å²) in [6.07, 6.45) is 7.17. The molecule has 4 rings (SSSR count). The molecule has 9 heteroatoms. The maximum absolute atomic E-state index is 12.9. The highest BCUT2D eigenvalue weighted by atomic mass is 32.2. The summed E-state index contributed by atoms with van der Waals surface area (Å²) in [5, 5.41) is 4.53. The molecule has 2 aliphatic heterocycles. The van der Waals surface area contributed by atoms with Gasteiger partial charge in [0, 0.05) is 51.9 Å². The van der Waals surface area contributed by atoms with Crippen molar-refractivity contribution >= 4 is 10.2 Å². The van der Waals surface area contributed by atoms with Gasteiger partial charge in [0.25, 0.3) is 15.8 Å². The van der Waals surface area contributed by atoms with E-state index in [0.717, 1.165) is 62.7 Å². The Labute approximate surface area is 167 Å². The molecule has 0 radical (unpaired) electrons. The molecule has 2 saturated heterocycles. The zero-order valence-electron chi connectivity index (χ0n) is 16.6. The lowest BCUT2D eigenvalue weighted by atomic mass is 10.2. The summed E-state index contributed by atoms with van der Waals surface area (Å²) in [5.74, 6) is 0. The minimum atomic E-state index is -3.34. The number of fused-ring (bicyclic) bond motifs is 1. The molecular formula is C19H31N5O3S. The van der Waals surface area contributed by atoms with E-state index in [1.807, 2.05) is 0 Å². The fourth-order valence-corrected chi connectivity index (χ4v) is 6.13. The molecule has 0 N–H and O–H groups in total. The highest BCUT2D eigenvalue weighted by Gasteiger charge is 2.32. The van der Waals surface area contributed by atoms with E-state index in [1.165, 1.54) is 0 Å². The van der Waals surface area contributed by atoms with Crippen LogP contribution < -0.4 is 5.56 Å². The van der Waals surface area contributed by atoms with Crippen molar-refractivity contribution in [1.82, 2.24) is 23.3 Å². The summed E-state index contributed by atoms with van der Waals surface area (Å²) in [6, 6.07) is 1.74. The first-order valence-electron chi connectivity index (χ1n) is 10.6. The summed E-state index contributed by atoms with van der Waals surface area (Å²) >= 11 is 0. The van der Waals surface area contributed by atoms with Gasteiger partial charge in [0.05, 0.1) is 12.2 Å². The van der Waals surface area contributed by atoms with Gasteiger partial charge in [-0.15, -0.1) is 0 Å². The lowest BCUT2D eigenvalue weighted by molar-refractivity contribution is 0.173. The molecule has 0 saturated carbocycles. The standard InChI is InChI=1S/C19H31N5O3S/c25-19-16-17-6-5-7-18(17)20-24(19)15-12-21-10-13-23(14-11-21)28(26,27)22-8-3-1-2-4-9-22/h16H,1-15H2. The van der Waals surface area contributed by atoms with Crippen LogP contribution in [0.4, 0.5) is 0 Å². The second-order valence-corrected chi connectivity index (χ2v) is 10.0. The zero-order valence-corrected chi connectivity index (χ0v) is 17.4. The molecule has 0 spiro atoms. The van der Waals surface area contributed by atoms with E-state index in [-0.39, 0.29) is 5.56 Å². The van der Waals surface area contributed by atoms with Crippen molar-refractivity contribution in [2.75, 3.05) is 45.8 Å². The molecular weight excluding hydrogens is 378 g/mol. The van der Waals surface area contributed by atoms with E-state index in [2.05, 4.69) is 10.00 Å². The van der Waals surface area contributed by atoms with Crippen LogP contribution in [0.15, 0.2) is 10.9 Å². The Morgan fingerprint density at radius 1 is 0.821 bits per heavy atom. The summed E-state index contributed by atoms with van der Waals surface area (Å²) in [6.45, 7) is 5.02. The molecule has 0 aromatic carbocycles. The largest absolute Gasteiger partial charge is 0.299 e. The quantitative estimate of drug-likeness (QED) is 0.706.